The summed E-state index contributed by atoms with van der Waals surface area (Å²) in [6.45, 7) is 4.44. The van der Waals surface area contributed by atoms with E-state index >= 15 is 0 Å². The van der Waals surface area contributed by atoms with E-state index in [0.29, 0.717) is 23.0 Å². The summed E-state index contributed by atoms with van der Waals surface area (Å²) in [6.07, 6.45) is 0.340. The van der Waals surface area contributed by atoms with E-state index in [1.165, 1.54) is 18.0 Å². The number of carbonyl (C=O) groups is 1. The largest absolute Gasteiger partial charge is 0.618 e. The fourth-order valence-corrected chi connectivity index (χ4v) is 5.18. The van der Waals surface area contributed by atoms with Crippen LogP contribution in [0.4, 0.5) is 10.5 Å². The third-order valence-electron chi connectivity index (χ3n) is 6.06. The van der Waals surface area contributed by atoms with Crippen molar-refractivity contribution in [1.82, 2.24) is 5.32 Å². The summed E-state index contributed by atoms with van der Waals surface area (Å²) >= 11 is 1.45. The van der Waals surface area contributed by atoms with E-state index in [0.717, 1.165) is 21.4 Å². The lowest BCUT2D eigenvalue weighted by atomic mass is 9.91. The van der Waals surface area contributed by atoms with Crippen molar-refractivity contribution in [3.63, 3.8) is 0 Å². The number of pyridine rings is 1. The van der Waals surface area contributed by atoms with Crippen LogP contribution in [0, 0.1) is 11.1 Å². The number of ether oxygens (including phenoxy) is 2. The monoisotopic (exact) mass is 509 g/mol. The fraction of sp³-hybridized carbons (Fsp3) is 0.333. The Hall–Kier alpha value is -3.11. The lowest BCUT2D eigenvalue weighted by molar-refractivity contribution is -0.645. The first-order valence-corrected chi connectivity index (χ1v) is 12.9. The molecule has 3 aromatic rings. The van der Waals surface area contributed by atoms with Gasteiger partial charge in [-0.3, -0.25) is 0 Å². The van der Waals surface area contributed by atoms with Gasteiger partial charge in [0.1, 0.15) is 0 Å². The number of anilines is 1. The average Bonchev–Trinajstić information content (AvgIpc) is 2.89. The van der Waals surface area contributed by atoms with Gasteiger partial charge < -0.3 is 30.4 Å². The molecule has 0 unspecified atom stereocenters. The van der Waals surface area contributed by atoms with Crippen molar-refractivity contribution in [2.24, 2.45) is 5.92 Å². The van der Waals surface area contributed by atoms with Gasteiger partial charge in [0.05, 0.1) is 18.8 Å². The van der Waals surface area contributed by atoms with Crippen LogP contribution in [-0.2, 0) is 16.1 Å². The number of nitrogens with one attached hydrogen (secondary N) is 2. The third kappa shape index (κ3) is 6.36. The summed E-state index contributed by atoms with van der Waals surface area (Å²) in [5, 5.41) is 27.7. The Kier molecular flexibility index (Phi) is 8.82. The molecule has 0 radical (unpaired) electrons. The number of nitrogens with zero attached hydrogens (tertiary/aromatic N) is 1. The van der Waals surface area contributed by atoms with E-state index in [9.17, 15) is 15.1 Å². The first-order valence-electron chi connectivity index (χ1n) is 11.9. The summed E-state index contributed by atoms with van der Waals surface area (Å²) < 4.78 is 13.8. The topological polar surface area (TPSA) is 107 Å². The van der Waals surface area contributed by atoms with Crippen LogP contribution in [0.2, 0.25) is 0 Å². The zero-order valence-electron chi connectivity index (χ0n) is 20.3. The predicted molar refractivity (Wildman–Crippen MR) is 138 cm³/mol. The molecule has 1 saturated heterocycles. The Balaban J connectivity index is 1.59. The van der Waals surface area contributed by atoms with Gasteiger partial charge in [0.25, 0.3) is 5.03 Å². The van der Waals surface area contributed by atoms with Gasteiger partial charge in [-0.15, -0.1) is 0 Å². The molecule has 36 heavy (non-hydrogen) atoms. The Morgan fingerprint density at radius 2 is 1.89 bits per heavy atom. The molecule has 2 aromatic carbocycles. The lowest BCUT2D eigenvalue weighted by Gasteiger charge is -2.41. The number of hydrogen-bond acceptors (Lipinski definition) is 6. The van der Waals surface area contributed by atoms with E-state index in [-0.39, 0.29) is 30.8 Å². The van der Waals surface area contributed by atoms with E-state index in [2.05, 4.69) is 17.6 Å². The lowest BCUT2D eigenvalue weighted by Crippen LogP contribution is -2.39. The predicted octanol–water partition coefficient (Wildman–Crippen LogP) is 4.54. The Bertz CT molecular complexity index is 1160. The van der Waals surface area contributed by atoms with Gasteiger partial charge in [-0.2, -0.15) is 4.73 Å². The van der Waals surface area contributed by atoms with E-state index in [1.807, 2.05) is 61.5 Å². The number of amides is 2. The summed E-state index contributed by atoms with van der Waals surface area (Å²) in [6, 6.07) is 20.2. The maximum Gasteiger partial charge on any atom is 0.319 e. The molecular weight excluding hydrogens is 478 g/mol. The van der Waals surface area contributed by atoms with Crippen molar-refractivity contribution in [1.29, 1.82) is 0 Å². The second kappa shape index (κ2) is 12.2. The van der Waals surface area contributed by atoms with Crippen molar-refractivity contribution in [2.45, 2.75) is 44.0 Å². The first-order chi connectivity index (χ1) is 17.5. The number of urea groups is 1. The third-order valence-corrected chi connectivity index (χ3v) is 7.17. The Morgan fingerprint density at radius 3 is 2.61 bits per heavy atom. The van der Waals surface area contributed by atoms with Crippen molar-refractivity contribution in [3.05, 3.63) is 94.8 Å². The number of thioether (sulfide) groups is 1. The molecule has 1 aliphatic rings. The highest BCUT2D eigenvalue weighted by Crippen LogP contribution is 2.43. The van der Waals surface area contributed by atoms with E-state index in [1.54, 1.807) is 12.1 Å². The number of carbonyl (C=O) groups excluding carboxylic acids is 1. The first kappa shape index (κ1) is 26.0. The van der Waals surface area contributed by atoms with Gasteiger partial charge >= 0.3 is 6.03 Å². The summed E-state index contributed by atoms with van der Waals surface area (Å²) in [5.41, 5.74) is 3.23. The van der Waals surface area contributed by atoms with Crippen LogP contribution in [0.1, 0.15) is 42.9 Å². The van der Waals surface area contributed by atoms with Gasteiger partial charge in [-0.1, -0.05) is 55.1 Å². The van der Waals surface area contributed by atoms with Crippen LogP contribution in [-0.4, -0.2) is 29.5 Å². The molecule has 0 spiro atoms. The second-order valence-corrected chi connectivity index (χ2v) is 9.65. The molecule has 9 heteroatoms. The van der Waals surface area contributed by atoms with E-state index in [4.69, 9.17) is 9.47 Å². The highest BCUT2D eigenvalue weighted by Gasteiger charge is 2.38. The average molecular weight is 510 g/mol. The van der Waals surface area contributed by atoms with Crippen LogP contribution in [0.25, 0.3) is 0 Å². The minimum atomic E-state index is -0.666. The molecule has 0 bridgehead atoms. The van der Waals surface area contributed by atoms with Crippen LogP contribution >= 0.6 is 11.8 Å². The number of aromatic nitrogens is 1. The van der Waals surface area contributed by atoms with Crippen molar-refractivity contribution in [2.75, 3.05) is 17.6 Å². The number of benzene rings is 2. The highest BCUT2D eigenvalue weighted by atomic mass is 32.2. The van der Waals surface area contributed by atoms with Gasteiger partial charge in [0, 0.05) is 41.6 Å². The minimum Gasteiger partial charge on any atom is -0.618 e. The van der Waals surface area contributed by atoms with Crippen molar-refractivity contribution in [3.8, 4) is 0 Å². The molecule has 8 nitrogen and oxygen atoms in total. The summed E-state index contributed by atoms with van der Waals surface area (Å²) in [5.74, 6) is 0.559. The van der Waals surface area contributed by atoms with Crippen LogP contribution < -0.4 is 15.4 Å². The maximum atomic E-state index is 12.1. The molecule has 0 aliphatic carbocycles. The number of rotatable bonds is 8. The molecular formula is C27H31N3O5S. The number of aliphatic hydroxyl groups excluding tert-OH is 1. The van der Waals surface area contributed by atoms with Crippen LogP contribution in [0.5, 0.6) is 0 Å². The molecule has 2 heterocycles. The smallest absolute Gasteiger partial charge is 0.319 e. The van der Waals surface area contributed by atoms with Crippen LogP contribution in [0.15, 0.2) is 78.0 Å². The summed E-state index contributed by atoms with van der Waals surface area (Å²) in [7, 11) is 0. The van der Waals surface area contributed by atoms with Gasteiger partial charge in [-0.05, 0) is 36.2 Å². The molecule has 1 fully saturated rings. The molecule has 190 valence electrons. The number of hydrogen-bond donors (Lipinski definition) is 3. The zero-order valence-corrected chi connectivity index (χ0v) is 21.1. The maximum absolute atomic E-state index is 12.1. The highest BCUT2D eigenvalue weighted by molar-refractivity contribution is 7.99. The molecule has 2 amide bonds. The Morgan fingerprint density at radius 1 is 1.08 bits per heavy atom. The normalized spacial score (nSPS) is 21.6. The Labute approximate surface area is 215 Å². The molecule has 0 saturated carbocycles. The second-order valence-electron chi connectivity index (χ2n) is 8.61. The summed E-state index contributed by atoms with van der Waals surface area (Å²) in [4.78, 5) is 12.0. The minimum absolute atomic E-state index is 0.00539. The number of aliphatic hydroxyl groups is 1. The van der Waals surface area contributed by atoms with Crippen molar-refractivity contribution < 1.29 is 24.1 Å². The molecule has 3 N–H and O–H groups in total. The fourth-order valence-electron chi connectivity index (χ4n) is 4.10. The molecule has 4 rings (SSSR count). The molecule has 1 aliphatic heterocycles. The zero-order chi connectivity index (χ0) is 25.5. The van der Waals surface area contributed by atoms with Crippen molar-refractivity contribution >= 4 is 23.5 Å². The molecule has 4 atom stereocenters. The van der Waals surface area contributed by atoms with Gasteiger partial charge in [0.15, 0.2) is 12.5 Å². The van der Waals surface area contributed by atoms with E-state index < -0.39 is 6.29 Å². The van der Waals surface area contributed by atoms with Crippen LogP contribution in [0.3, 0.4) is 0 Å². The van der Waals surface area contributed by atoms with Gasteiger partial charge in [0.2, 0.25) is 0 Å². The quantitative estimate of drug-likeness (QED) is 0.234. The standard InChI is InChI=1S/C27H31N3O5S/c1-3-28-27(32)29-22-8-6-7-21(15-22)26-34-23(17-36-24-9-4-5-14-30(24)33)18(2)25(35-26)20-12-10-19(16-31)11-13-20/h4-15,18,23,25-26,31H,3,16-17H2,1-2H3,(H2,28,29,32)/t18-,23+,25+,26+/m1/s1. The molecule has 1 aromatic heterocycles. The SMILES string of the molecule is CCNC(=O)Nc1cccc([C@H]2O[C@@H](CSc3cccc[n+]3[O-])[C@@H](C)[C@@H](c3ccc(CO)cc3)O2)c1. The van der Waals surface area contributed by atoms with Gasteiger partial charge in [-0.25, -0.2) is 4.79 Å².